The molecule has 0 amide bonds. The first-order chi connectivity index (χ1) is 10.1. The molecule has 1 unspecified atom stereocenters. The van der Waals surface area contributed by atoms with E-state index in [2.05, 4.69) is 20.7 Å². The van der Waals surface area contributed by atoms with Gasteiger partial charge in [-0.2, -0.15) is 0 Å². The average Bonchev–Trinajstić information content (AvgIpc) is 2.74. The Labute approximate surface area is 134 Å². The van der Waals surface area contributed by atoms with Gasteiger partial charge in [-0.15, -0.1) is 13.2 Å². The summed E-state index contributed by atoms with van der Waals surface area (Å²) in [5, 5.41) is 9.19. The molecule has 2 rings (SSSR count). The summed E-state index contributed by atoms with van der Waals surface area (Å²) in [6, 6.07) is 4.35. The highest BCUT2D eigenvalue weighted by atomic mass is 79.9. The Balaban J connectivity index is 2.03. The molecule has 1 aromatic rings. The summed E-state index contributed by atoms with van der Waals surface area (Å²) in [4.78, 5) is 13.2. The number of hydrogen-bond donors (Lipinski definition) is 1. The van der Waals surface area contributed by atoms with Gasteiger partial charge in [-0.1, -0.05) is 6.07 Å². The molecule has 1 N–H and O–H groups in total. The molecule has 0 bridgehead atoms. The van der Waals surface area contributed by atoms with Gasteiger partial charge in [0.1, 0.15) is 5.75 Å². The Morgan fingerprint density at radius 2 is 2.18 bits per heavy atom. The Morgan fingerprint density at radius 3 is 2.68 bits per heavy atom. The molecule has 0 aliphatic carbocycles. The standard InChI is InChI=1S/C14H15BrF3NO3/c1-13(12(20)21)4-5-19(8-13)7-9-2-3-11(10(15)6-9)22-14(16,17)18/h2-3,6H,4-5,7-8H2,1H3,(H,20,21). The summed E-state index contributed by atoms with van der Waals surface area (Å²) in [5.74, 6) is -1.13. The van der Waals surface area contributed by atoms with Crippen LogP contribution in [-0.4, -0.2) is 35.4 Å². The van der Waals surface area contributed by atoms with Crippen molar-refractivity contribution in [1.29, 1.82) is 0 Å². The number of carboxylic acid groups (broad SMARTS) is 1. The van der Waals surface area contributed by atoms with Crippen molar-refractivity contribution < 1.29 is 27.8 Å². The fourth-order valence-electron chi connectivity index (χ4n) is 2.47. The highest BCUT2D eigenvalue weighted by molar-refractivity contribution is 9.10. The van der Waals surface area contributed by atoms with Gasteiger partial charge in [0.25, 0.3) is 0 Å². The van der Waals surface area contributed by atoms with Gasteiger partial charge in [0.05, 0.1) is 9.89 Å². The van der Waals surface area contributed by atoms with Crippen molar-refractivity contribution in [2.45, 2.75) is 26.3 Å². The maximum Gasteiger partial charge on any atom is 0.573 e. The van der Waals surface area contributed by atoms with Crippen LogP contribution in [0.3, 0.4) is 0 Å². The van der Waals surface area contributed by atoms with Crippen molar-refractivity contribution in [3.05, 3.63) is 28.2 Å². The third-order valence-electron chi connectivity index (χ3n) is 3.70. The van der Waals surface area contributed by atoms with E-state index in [9.17, 15) is 23.1 Å². The van der Waals surface area contributed by atoms with Crippen LogP contribution in [0.5, 0.6) is 5.75 Å². The lowest BCUT2D eigenvalue weighted by Crippen LogP contribution is -2.31. The average molecular weight is 382 g/mol. The summed E-state index contributed by atoms with van der Waals surface area (Å²) in [7, 11) is 0. The molecular weight excluding hydrogens is 367 g/mol. The van der Waals surface area contributed by atoms with Crippen LogP contribution in [0.25, 0.3) is 0 Å². The minimum absolute atomic E-state index is 0.211. The van der Waals surface area contributed by atoms with Crippen LogP contribution < -0.4 is 4.74 Å². The Morgan fingerprint density at radius 1 is 1.50 bits per heavy atom. The van der Waals surface area contributed by atoms with Crippen molar-refractivity contribution in [3.63, 3.8) is 0 Å². The molecule has 22 heavy (non-hydrogen) atoms. The lowest BCUT2D eigenvalue weighted by atomic mass is 9.90. The molecule has 1 aliphatic heterocycles. The lowest BCUT2D eigenvalue weighted by molar-refractivity contribution is -0.274. The largest absolute Gasteiger partial charge is 0.573 e. The number of halogens is 4. The zero-order chi connectivity index (χ0) is 16.5. The molecule has 1 aromatic carbocycles. The minimum atomic E-state index is -4.73. The maximum absolute atomic E-state index is 12.2. The van der Waals surface area contributed by atoms with Crippen molar-refractivity contribution >= 4 is 21.9 Å². The topological polar surface area (TPSA) is 49.8 Å². The highest BCUT2D eigenvalue weighted by Crippen LogP contribution is 2.34. The fourth-order valence-corrected chi connectivity index (χ4v) is 2.98. The monoisotopic (exact) mass is 381 g/mol. The van der Waals surface area contributed by atoms with Gasteiger partial charge in [0, 0.05) is 13.1 Å². The van der Waals surface area contributed by atoms with E-state index in [-0.39, 0.29) is 10.2 Å². The summed E-state index contributed by atoms with van der Waals surface area (Å²) in [6.07, 6.45) is -4.18. The maximum atomic E-state index is 12.2. The molecule has 1 fully saturated rings. The van der Waals surface area contributed by atoms with Gasteiger partial charge in [0.2, 0.25) is 0 Å². The second-order valence-corrected chi connectivity index (χ2v) is 6.49. The number of likely N-dealkylation sites (tertiary alicyclic amines) is 1. The molecular formula is C14H15BrF3NO3. The van der Waals surface area contributed by atoms with Crippen molar-refractivity contribution in [2.75, 3.05) is 13.1 Å². The Hall–Kier alpha value is -1.28. The smallest absolute Gasteiger partial charge is 0.481 e. The summed E-state index contributed by atoms with van der Waals surface area (Å²) in [6.45, 7) is 3.24. The molecule has 122 valence electrons. The zero-order valence-electron chi connectivity index (χ0n) is 11.8. The number of carboxylic acids is 1. The predicted molar refractivity (Wildman–Crippen MR) is 76.5 cm³/mol. The number of hydrogen-bond acceptors (Lipinski definition) is 3. The van der Waals surface area contributed by atoms with Crippen LogP contribution >= 0.6 is 15.9 Å². The van der Waals surface area contributed by atoms with Crippen LogP contribution in [0.2, 0.25) is 0 Å². The first-order valence-corrected chi connectivity index (χ1v) is 7.38. The van der Waals surface area contributed by atoms with Crippen LogP contribution in [0.4, 0.5) is 13.2 Å². The number of aliphatic carboxylic acids is 1. The van der Waals surface area contributed by atoms with Gasteiger partial charge in [0.15, 0.2) is 0 Å². The van der Waals surface area contributed by atoms with Gasteiger partial charge in [-0.05, 0) is 53.5 Å². The van der Waals surface area contributed by atoms with Gasteiger partial charge >= 0.3 is 12.3 Å². The number of rotatable bonds is 4. The molecule has 8 heteroatoms. The molecule has 0 saturated carbocycles. The summed E-state index contributed by atoms with van der Waals surface area (Å²) in [5.41, 5.74) is 0.0207. The molecule has 1 atom stereocenters. The molecule has 0 radical (unpaired) electrons. The highest BCUT2D eigenvalue weighted by Gasteiger charge is 2.40. The van der Waals surface area contributed by atoms with E-state index in [1.54, 1.807) is 19.1 Å². The Bertz CT molecular complexity index is 579. The normalized spacial score (nSPS) is 22.8. The minimum Gasteiger partial charge on any atom is -0.481 e. The van der Waals surface area contributed by atoms with Gasteiger partial charge in [-0.3, -0.25) is 9.69 Å². The molecule has 0 aromatic heterocycles. The predicted octanol–water partition coefficient (Wildman–Crippen LogP) is 3.64. The quantitative estimate of drug-likeness (QED) is 0.864. The van der Waals surface area contributed by atoms with E-state index in [1.807, 2.05) is 4.90 Å². The molecule has 4 nitrogen and oxygen atoms in total. The number of benzene rings is 1. The van der Waals surface area contributed by atoms with Crippen LogP contribution in [0, 0.1) is 5.41 Å². The fraction of sp³-hybridized carbons (Fsp3) is 0.500. The third kappa shape index (κ3) is 4.13. The van der Waals surface area contributed by atoms with Crippen LogP contribution in [0.1, 0.15) is 18.9 Å². The SMILES string of the molecule is CC1(C(=O)O)CCN(Cc2ccc(OC(F)(F)F)c(Br)c2)C1. The summed E-state index contributed by atoms with van der Waals surface area (Å²) >= 11 is 3.06. The number of alkyl halides is 3. The number of carbonyl (C=O) groups is 1. The first-order valence-electron chi connectivity index (χ1n) is 6.59. The Kier molecular flexibility index (Phi) is 4.72. The van der Waals surface area contributed by atoms with Crippen molar-refractivity contribution in [2.24, 2.45) is 5.41 Å². The lowest BCUT2D eigenvalue weighted by Gasteiger charge is -2.20. The van der Waals surface area contributed by atoms with E-state index in [1.165, 1.54) is 6.07 Å². The molecule has 0 spiro atoms. The van der Waals surface area contributed by atoms with Gasteiger partial charge in [-0.25, -0.2) is 0 Å². The first kappa shape index (κ1) is 17.1. The second-order valence-electron chi connectivity index (χ2n) is 5.64. The van der Waals surface area contributed by atoms with E-state index < -0.39 is 17.7 Å². The van der Waals surface area contributed by atoms with Crippen molar-refractivity contribution in [1.82, 2.24) is 4.90 Å². The number of ether oxygens (including phenoxy) is 1. The van der Waals surface area contributed by atoms with E-state index in [0.717, 1.165) is 5.56 Å². The zero-order valence-corrected chi connectivity index (χ0v) is 13.4. The summed E-state index contributed by atoms with van der Waals surface area (Å²) < 4.78 is 40.7. The van der Waals surface area contributed by atoms with Crippen LogP contribution in [0.15, 0.2) is 22.7 Å². The molecule has 1 saturated heterocycles. The second kappa shape index (κ2) is 6.08. The van der Waals surface area contributed by atoms with E-state index in [0.29, 0.717) is 26.1 Å². The molecule has 1 aliphatic rings. The number of nitrogens with zero attached hydrogens (tertiary/aromatic N) is 1. The van der Waals surface area contributed by atoms with E-state index >= 15 is 0 Å². The third-order valence-corrected chi connectivity index (χ3v) is 4.32. The van der Waals surface area contributed by atoms with E-state index in [4.69, 9.17) is 0 Å². The van der Waals surface area contributed by atoms with Crippen LogP contribution in [-0.2, 0) is 11.3 Å². The molecule has 1 heterocycles. The van der Waals surface area contributed by atoms with Gasteiger partial charge < -0.3 is 9.84 Å². The van der Waals surface area contributed by atoms with Crippen molar-refractivity contribution in [3.8, 4) is 5.75 Å².